The molecule has 2 aromatic rings. The molecule has 2 rings (SSSR count). The van der Waals surface area contributed by atoms with Crippen LogP contribution in [0.4, 0.5) is 5.69 Å². The van der Waals surface area contributed by atoms with Gasteiger partial charge in [0.1, 0.15) is 5.75 Å². The zero-order chi connectivity index (χ0) is 18.8. The van der Waals surface area contributed by atoms with Gasteiger partial charge in [0.25, 0.3) is 0 Å². The number of carbonyl (C=O) groups is 2. The van der Waals surface area contributed by atoms with Crippen LogP contribution in [0.25, 0.3) is 0 Å². The summed E-state index contributed by atoms with van der Waals surface area (Å²) < 4.78 is 10.1. The summed E-state index contributed by atoms with van der Waals surface area (Å²) in [5.41, 5.74) is 1.73. The molecule has 136 valence electrons. The number of hydrogen-bond acceptors (Lipinski definition) is 4. The summed E-state index contributed by atoms with van der Waals surface area (Å²) in [5.74, 6) is 0.333. The van der Waals surface area contributed by atoms with Crippen LogP contribution in [-0.4, -0.2) is 26.1 Å². The maximum absolute atomic E-state index is 11.9. The van der Waals surface area contributed by atoms with Gasteiger partial charge in [-0.05, 0) is 43.2 Å². The summed E-state index contributed by atoms with van der Waals surface area (Å²) in [6, 6.07) is 16.7. The van der Waals surface area contributed by atoms with Crippen molar-refractivity contribution >= 4 is 18.1 Å². The molecule has 1 amide bonds. The van der Waals surface area contributed by atoms with Crippen LogP contribution in [0.5, 0.6) is 5.75 Å². The number of methoxy groups -OCH3 is 1. The number of rotatable bonds is 9. The molecule has 0 N–H and O–H groups in total. The summed E-state index contributed by atoms with van der Waals surface area (Å²) >= 11 is 0. The van der Waals surface area contributed by atoms with E-state index in [1.54, 1.807) is 25.0 Å². The second-order valence-corrected chi connectivity index (χ2v) is 5.53. The molecule has 1 unspecified atom stereocenters. The van der Waals surface area contributed by atoms with Crippen molar-refractivity contribution in [3.63, 3.8) is 0 Å². The van der Waals surface area contributed by atoms with E-state index in [1.165, 1.54) is 6.08 Å². The molecule has 0 saturated heterocycles. The van der Waals surface area contributed by atoms with Gasteiger partial charge in [-0.25, -0.2) is 4.79 Å². The third-order valence-electron chi connectivity index (χ3n) is 3.90. The van der Waals surface area contributed by atoms with Crippen molar-refractivity contribution in [3.8, 4) is 5.75 Å². The van der Waals surface area contributed by atoms with Crippen LogP contribution in [-0.2, 0) is 14.3 Å². The van der Waals surface area contributed by atoms with Crippen LogP contribution in [0, 0.1) is 0 Å². The molecule has 5 nitrogen and oxygen atoms in total. The summed E-state index contributed by atoms with van der Waals surface area (Å²) in [4.78, 5) is 25.0. The lowest BCUT2D eigenvalue weighted by Crippen LogP contribution is -2.27. The van der Waals surface area contributed by atoms with Gasteiger partial charge in [-0.2, -0.15) is 0 Å². The third kappa shape index (κ3) is 5.21. The molecular formula is C21H23NO4. The van der Waals surface area contributed by atoms with Crippen LogP contribution in [0.1, 0.15) is 24.9 Å². The van der Waals surface area contributed by atoms with Gasteiger partial charge in [-0.3, -0.25) is 4.79 Å². The van der Waals surface area contributed by atoms with Crippen molar-refractivity contribution in [2.45, 2.75) is 19.4 Å². The molecule has 0 spiro atoms. The summed E-state index contributed by atoms with van der Waals surface area (Å²) in [5, 5.41) is 0. The summed E-state index contributed by atoms with van der Waals surface area (Å²) in [6.45, 7) is 2.09. The fraction of sp³-hybridized carbons (Fsp3) is 0.238. The van der Waals surface area contributed by atoms with Crippen LogP contribution >= 0.6 is 0 Å². The number of carbonyl (C=O) groups excluding carboxylic acids is 2. The molecule has 0 aromatic heterocycles. The molecule has 0 aliphatic heterocycles. The smallest absolute Gasteiger partial charge is 0.330 e. The largest absolute Gasteiger partial charge is 0.497 e. The van der Waals surface area contributed by atoms with Crippen molar-refractivity contribution in [2.24, 2.45) is 0 Å². The maximum Gasteiger partial charge on any atom is 0.330 e. The van der Waals surface area contributed by atoms with E-state index in [-0.39, 0.29) is 12.0 Å². The molecule has 0 heterocycles. The standard InChI is InChI=1S/C21H23NO4/c1-3-26-21(24)11-7-10-20(17-8-5-4-6-9-17)22(16-23)18-12-14-19(25-2)15-13-18/h4-9,11-16,20H,3,10H2,1-2H3/b11-7+. The Hall–Kier alpha value is -3.08. The van der Waals surface area contributed by atoms with E-state index in [0.29, 0.717) is 13.0 Å². The molecule has 0 aliphatic carbocycles. The molecule has 1 atom stereocenters. The predicted molar refractivity (Wildman–Crippen MR) is 101 cm³/mol. The second kappa shape index (κ2) is 10.0. The van der Waals surface area contributed by atoms with Gasteiger partial charge in [0.15, 0.2) is 0 Å². The van der Waals surface area contributed by atoms with Gasteiger partial charge in [-0.15, -0.1) is 0 Å². The Morgan fingerprint density at radius 3 is 2.38 bits per heavy atom. The molecular weight excluding hydrogens is 330 g/mol. The first-order valence-corrected chi connectivity index (χ1v) is 8.45. The Morgan fingerprint density at radius 1 is 1.12 bits per heavy atom. The highest BCUT2D eigenvalue weighted by Gasteiger charge is 2.19. The number of hydrogen-bond donors (Lipinski definition) is 0. The van der Waals surface area contributed by atoms with Crippen LogP contribution in [0.15, 0.2) is 66.7 Å². The van der Waals surface area contributed by atoms with E-state index in [9.17, 15) is 9.59 Å². The fourth-order valence-corrected chi connectivity index (χ4v) is 2.64. The average Bonchev–Trinajstić information content (AvgIpc) is 2.68. The molecule has 0 fully saturated rings. The van der Waals surface area contributed by atoms with Crippen LogP contribution in [0.3, 0.4) is 0 Å². The maximum atomic E-state index is 11.9. The molecule has 2 aromatic carbocycles. The lowest BCUT2D eigenvalue weighted by molar-refractivity contribution is -0.137. The first kappa shape index (κ1) is 19.2. The van der Waals surface area contributed by atoms with Gasteiger partial charge in [-0.1, -0.05) is 36.4 Å². The van der Waals surface area contributed by atoms with E-state index < -0.39 is 0 Å². The van der Waals surface area contributed by atoms with Gasteiger partial charge in [0.2, 0.25) is 6.41 Å². The first-order valence-electron chi connectivity index (χ1n) is 8.45. The molecule has 26 heavy (non-hydrogen) atoms. The fourth-order valence-electron chi connectivity index (χ4n) is 2.64. The number of ether oxygens (including phenoxy) is 2. The molecule has 5 heteroatoms. The molecule has 0 bridgehead atoms. The number of amides is 1. The number of nitrogens with zero attached hydrogens (tertiary/aromatic N) is 1. The summed E-state index contributed by atoms with van der Waals surface area (Å²) in [7, 11) is 1.60. The Bertz CT molecular complexity index is 725. The predicted octanol–water partition coefficient (Wildman–Crippen LogP) is 3.91. The first-order chi connectivity index (χ1) is 12.7. The number of benzene rings is 2. The number of esters is 1. The van der Waals surface area contributed by atoms with E-state index in [4.69, 9.17) is 9.47 Å². The van der Waals surface area contributed by atoms with Crippen molar-refractivity contribution in [2.75, 3.05) is 18.6 Å². The minimum Gasteiger partial charge on any atom is -0.497 e. The van der Waals surface area contributed by atoms with Gasteiger partial charge < -0.3 is 14.4 Å². The van der Waals surface area contributed by atoms with E-state index >= 15 is 0 Å². The number of anilines is 1. The monoisotopic (exact) mass is 353 g/mol. The second-order valence-electron chi connectivity index (χ2n) is 5.53. The highest BCUT2D eigenvalue weighted by molar-refractivity contribution is 5.82. The zero-order valence-corrected chi connectivity index (χ0v) is 15.0. The van der Waals surface area contributed by atoms with Crippen molar-refractivity contribution < 1.29 is 19.1 Å². The normalized spacial score (nSPS) is 11.8. The quantitative estimate of drug-likeness (QED) is 0.390. The van der Waals surface area contributed by atoms with E-state index in [1.807, 2.05) is 54.6 Å². The topological polar surface area (TPSA) is 55.8 Å². The minimum atomic E-state index is -0.388. The highest BCUT2D eigenvalue weighted by atomic mass is 16.5. The minimum absolute atomic E-state index is 0.243. The van der Waals surface area contributed by atoms with Crippen molar-refractivity contribution in [3.05, 3.63) is 72.3 Å². The van der Waals surface area contributed by atoms with Crippen molar-refractivity contribution in [1.29, 1.82) is 0 Å². The SMILES string of the molecule is CCOC(=O)/C=C/CC(c1ccccc1)N(C=O)c1ccc(OC)cc1. The zero-order valence-electron chi connectivity index (χ0n) is 15.0. The Labute approximate surface area is 153 Å². The third-order valence-corrected chi connectivity index (χ3v) is 3.90. The van der Waals surface area contributed by atoms with Gasteiger partial charge >= 0.3 is 5.97 Å². The molecule has 0 radical (unpaired) electrons. The van der Waals surface area contributed by atoms with E-state index in [2.05, 4.69) is 0 Å². The van der Waals surface area contributed by atoms with E-state index in [0.717, 1.165) is 23.4 Å². The van der Waals surface area contributed by atoms with Gasteiger partial charge in [0, 0.05) is 11.8 Å². The van der Waals surface area contributed by atoms with Crippen molar-refractivity contribution in [1.82, 2.24) is 0 Å². The average molecular weight is 353 g/mol. The summed E-state index contributed by atoms with van der Waals surface area (Å²) in [6.07, 6.45) is 4.41. The lowest BCUT2D eigenvalue weighted by atomic mass is 10.0. The van der Waals surface area contributed by atoms with Gasteiger partial charge in [0.05, 0.1) is 19.8 Å². The van der Waals surface area contributed by atoms with Crippen LogP contribution < -0.4 is 9.64 Å². The Balaban J connectivity index is 2.28. The lowest BCUT2D eigenvalue weighted by Gasteiger charge is -2.28. The highest BCUT2D eigenvalue weighted by Crippen LogP contribution is 2.30. The molecule has 0 saturated carbocycles. The Kier molecular flexibility index (Phi) is 7.43. The molecule has 0 aliphatic rings. The Morgan fingerprint density at radius 2 is 1.81 bits per heavy atom. The van der Waals surface area contributed by atoms with Crippen LogP contribution in [0.2, 0.25) is 0 Å².